The molecule has 4 rings (SSSR count). The Labute approximate surface area is 214 Å². The standard InChI is InChI=1S/C24H15Cl4N3O3/c25-14-2-1-3-15(26)21(14)19-7-5-13-8-12(4-6-18(13)30-19)9-20(24(33)34)31-23(32)22-16(27)10-29-11-17(22)28/h1-8,10-11,20H,9H2,(H,31,32)(H,33,34)/t20-/m0/s1. The fourth-order valence-corrected chi connectivity index (χ4v) is 4.61. The third kappa shape index (κ3) is 5.10. The van der Waals surface area contributed by atoms with Gasteiger partial charge in [0.15, 0.2) is 0 Å². The van der Waals surface area contributed by atoms with E-state index in [1.165, 1.54) is 12.4 Å². The Morgan fingerprint density at radius 2 is 1.59 bits per heavy atom. The summed E-state index contributed by atoms with van der Waals surface area (Å²) in [5, 5.41) is 14.0. The number of carbonyl (C=O) groups excluding carboxylic acids is 1. The lowest BCUT2D eigenvalue weighted by Crippen LogP contribution is -2.42. The van der Waals surface area contributed by atoms with Crippen molar-refractivity contribution in [3.63, 3.8) is 0 Å². The topological polar surface area (TPSA) is 92.2 Å². The Kier molecular flexibility index (Phi) is 7.24. The molecule has 0 aliphatic heterocycles. The van der Waals surface area contributed by atoms with E-state index in [0.29, 0.717) is 32.4 Å². The van der Waals surface area contributed by atoms with Gasteiger partial charge in [-0.05, 0) is 35.9 Å². The Bertz CT molecular complexity index is 1390. The van der Waals surface area contributed by atoms with Crippen molar-refractivity contribution in [3.05, 3.63) is 92.1 Å². The van der Waals surface area contributed by atoms with Crippen LogP contribution in [0.5, 0.6) is 0 Å². The van der Waals surface area contributed by atoms with E-state index in [-0.39, 0.29) is 22.0 Å². The molecule has 2 aromatic heterocycles. The molecule has 0 spiro atoms. The molecule has 34 heavy (non-hydrogen) atoms. The zero-order valence-electron chi connectivity index (χ0n) is 17.2. The fourth-order valence-electron chi connectivity index (χ4n) is 3.48. The maximum Gasteiger partial charge on any atom is 0.326 e. The van der Waals surface area contributed by atoms with E-state index < -0.39 is 17.9 Å². The van der Waals surface area contributed by atoms with Gasteiger partial charge in [-0.15, -0.1) is 0 Å². The first kappa shape index (κ1) is 24.2. The van der Waals surface area contributed by atoms with Crippen molar-refractivity contribution in [2.45, 2.75) is 12.5 Å². The molecule has 0 saturated heterocycles. The summed E-state index contributed by atoms with van der Waals surface area (Å²) in [7, 11) is 0. The van der Waals surface area contributed by atoms with Crippen molar-refractivity contribution in [1.29, 1.82) is 0 Å². The lowest BCUT2D eigenvalue weighted by Gasteiger charge is -2.16. The summed E-state index contributed by atoms with van der Waals surface area (Å²) in [5.41, 5.74) is 2.61. The van der Waals surface area contributed by atoms with Gasteiger partial charge in [0, 0.05) is 29.8 Å². The predicted octanol–water partition coefficient (Wildman–Crippen LogP) is 6.34. The maximum atomic E-state index is 12.6. The van der Waals surface area contributed by atoms with Crippen LogP contribution in [0.1, 0.15) is 15.9 Å². The van der Waals surface area contributed by atoms with Gasteiger partial charge in [-0.2, -0.15) is 0 Å². The van der Waals surface area contributed by atoms with Gasteiger partial charge in [0.2, 0.25) is 0 Å². The Balaban J connectivity index is 1.59. The first-order valence-corrected chi connectivity index (χ1v) is 11.4. The van der Waals surface area contributed by atoms with Crippen molar-refractivity contribution in [2.75, 3.05) is 0 Å². The highest BCUT2D eigenvalue weighted by molar-refractivity contribution is 6.40. The number of aromatic nitrogens is 2. The van der Waals surface area contributed by atoms with E-state index in [1.54, 1.807) is 36.4 Å². The van der Waals surface area contributed by atoms with Crippen molar-refractivity contribution in [3.8, 4) is 11.3 Å². The van der Waals surface area contributed by atoms with Crippen LogP contribution in [0.4, 0.5) is 0 Å². The summed E-state index contributed by atoms with van der Waals surface area (Å²) >= 11 is 24.6. The Morgan fingerprint density at radius 1 is 0.912 bits per heavy atom. The second-order valence-corrected chi connectivity index (χ2v) is 9.00. The minimum atomic E-state index is -1.21. The average molecular weight is 535 g/mol. The summed E-state index contributed by atoms with van der Waals surface area (Å²) in [4.78, 5) is 32.9. The SMILES string of the molecule is O=C(N[C@@H](Cc1ccc2nc(-c3c(Cl)cccc3Cl)ccc2c1)C(=O)O)c1c(Cl)cncc1Cl. The monoisotopic (exact) mass is 533 g/mol. The predicted molar refractivity (Wildman–Crippen MR) is 134 cm³/mol. The number of carbonyl (C=O) groups is 2. The molecule has 6 nitrogen and oxygen atoms in total. The van der Waals surface area contributed by atoms with Crippen LogP contribution < -0.4 is 5.32 Å². The number of carboxylic acid groups (broad SMARTS) is 1. The molecule has 4 aromatic rings. The summed E-state index contributed by atoms with van der Waals surface area (Å²) in [6, 6.07) is 13.0. The number of aliphatic carboxylic acids is 1. The quantitative estimate of drug-likeness (QED) is 0.301. The number of pyridine rings is 2. The normalized spacial score (nSPS) is 11.9. The van der Waals surface area contributed by atoms with E-state index in [1.807, 2.05) is 12.1 Å². The number of halogens is 4. The van der Waals surface area contributed by atoms with Gasteiger partial charge < -0.3 is 10.4 Å². The third-order valence-electron chi connectivity index (χ3n) is 5.10. The molecule has 1 atom stereocenters. The Morgan fingerprint density at radius 3 is 2.24 bits per heavy atom. The summed E-state index contributed by atoms with van der Waals surface area (Å²) < 4.78 is 0. The molecule has 1 amide bonds. The van der Waals surface area contributed by atoms with Crippen LogP contribution >= 0.6 is 46.4 Å². The largest absolute Gasteiger partial charge is 0.480 e. The smallest absolute Gasteiger partial charge is 0.326 e. The Hall–Kier alpha value is -2.90. The second kappa shape index (κ2) is 10.2. The first-order valence-electron chi connectivity index (χ1n) is 9.91. The molecule has 2 aromatic carbocycles. The van der Waals surface area contributed by atoms with E-state index in [9.17, 15) is 14.7 Å². The van der Waals surface area contributed by atoms with E-state index in [4.69, 9.17) is 46.4 Å². The average Bonchev–Trinajstić information content (AvgIpc) is 2.78. The van der Waals surface area contributed by atoms with Crippen LogP contribution in [0.2, 0.25) is 20.1 Å². The molecule has 0 bridgehead atoms. The van der Waals surface area contributed by atoms with E-state index in [0.717, 1.165) is 5.39 Å². The minimum absolute atomic E-state index is 0.0281. The molecule has 2 N–H and O–H groups in total. The highest BCUT2D eigenvalue weighted by atomic mass is 35.5. The number of nitrogens with zero attached hydrogens (tertiary/aromatic N) is 2. The number of fused-ring (bicyclic) bond motifs is 1. The highest BCUT2D eigenvalue weighted by Gasteiger charge is 2.24. The van der Waals surface area contributed by atoms with Crippen molar-refractivity contribution in [2.24, 2.45) is 0 Å². The molecule has 0 saturated carbocycles. The van der Waals surface area contributed by atoms with Gasteiger partial charge in [0.1, 0.15) is 6.04 Å². The van der Waals surface area contributed by atoms with Crippen LogP contribution in [-0.2, 0) is 11.2 Å². The molecule has 0 aliphatic rings. The number of nitrogens with one attached hydrogen (secondary N) is 1. The van der Waals surface area contributed by atoms with Crippen LogP contribution in [0.15, 0.2) is 60.9 Å². The van der Waals surface area contributed by atoms with Gasteiger partial charge in [-0.1, -0.05) is 64.6 Å². The molecule has 0 unspecified atom stereocenters. The zero-order chi connectivity index (χ0) is 24.4. The van der Waals surface area contributed by atoms with E-state index >= 15 is 0 Å². The van der Waals surface area contributed by atoms with Gasteiger partial charge in [-0.3, -0.25) is 9.78 Å². The summed E-state index contributed by atoms with van der Waals surface area (Å²) in [6.45, 7) is 0. The molecular weight excluding hydrogens is 520 g/mol. The van der Waals surface area contributed by atoms with Gasteiger partial charge in [0.25, 0.3) is 5.91 Å². The molecule has 10 heteroatoms. The number of amides is 1. The van der Waals surface area contributed by atoms with Crippen LogP contribution in [-0.4, -0.2) is 33.0 Å². The number of carboxylic acids is 1. The summed E-state index contributed by atoms with van der Waals surface area (Å²) in [5.74, 6) is -1.90. The lowest BCUT2D eigenvalue weighted by molar-refractivity contribution is -0.139. The molecular formula is C24H15Cl4N3O3. The van der Waals surface area contributed by atoms with Gasteiger partial charge >= 0.3 is 5.97 Å². The number of rotatable bonds is 6. The molecule has 2 heterocycles. The highest BCUT2D eigenvalue weighted by Crippen LogP contribution is 2.34. The maximum absolute atomic E-state index is 12.6. The molecule has 0 fully saturated rings. The number of benzene rings is 2. The van der Waals surface area contributed by atoms with Gasteiger partial charge in [-0.25, -0.2) is 9.78 Å². The molecule has 0 radical (unpaired) electrons. The molecule has 0 aliphatic carbocycles. The van der Waals surface area contributed by atoms with Crippen LogP contribution in [0.25, 0.3) is 22.2 Å². The zero-order valence-corrected chi connectivity index (χ0v) is 20.3. The second-order valence-electron chi connectivity index (χ2n) is 7.37. The lowest BCUT2D eigenvalue weighted by atomic mass is 10.0. The first-order chi connectivity index (χ1) is 16.2. The fraction of sp³-hybridized carbons (Fsp3) is 0.0833. The third-order valence-corrected chi connectivity index (χ3v) is 6.30. The van der Waals surface area contributed by atoms with Crippen molar-refractivity contribution < 1.29 is 14.7 Å². The van der Waals surface area contributed by atoms with Crippen molar-refractivity contribution >= 4 is 69.2 Å². The van der Waals surface area contributed by atoms with E-state index in [2.05, 4.69) is 15.3 Å². The number of hydrogen-bond donors (Lipinski definition) is 2. The number of hydrogen-bond acceptors (Lipinski definition) is 4. The minimum Gasteiger partial charge on any atom is -0.480 e. The summed E-state index contributed by atoms with van der Waals surface area (Å²) in [6.07, 6.45) is 2.56. The molecule has 172 valence electrons. The van der Waals surface area contributed by atoms with Crippen molar-refractivity contribution in [1.82, 2.24) is 15.3 Å². The van der Waals surface area contributed by atoms with Crippen LogP contribution in [0, 0.1) is 0 Å². The van der Waals surface area contributed by atoms with Crippen LogP contribution in [0.3, 0.4) is 0 Å². The van der Waals surface area contributed by atoms with Gasteiger partial charge in [0.05, 0.1) is 36.9 Å².